The van der Waals surface area contributed by atoms with Crippen LogP contribution in [0.5, 0.6) is 5.75 Å². The van der Waals surface area contributed by atoms with Gasteiger partial charge < -0.3 is 10.1 Å². The van der Waals surface area contributed by atoms with Crippen molar-refractivity contribution in [3.05, 3.63) is 29.8 Å². The van der Waals surface area contributed by atoms with Crippen molar-refractivity contribution in [2.24, 2.45) is 11.8 Å². The highest BCUT2D eigenvalue weighted by Gasteiger charge is 2.23. The molecule has 1 N–H and O–H groups in total. The molecule has 0 aliphatic heterocycles. The van der Waals surface area contributed by atoms with Gasteiger partial charge in [0.15, 0.2) is 0 Å². The summed E-state index contributed by atoms with van der Waals surface area (Å²) in [6, 6.07) is 8.60. The van der Waals surface area contributed by atoms with E-state index in [9.17, 15) is 0 Å². The minimum atomic E-state index is 0.768. The van der Waals surface area contributed by atoms with Gasteiger partial charge in [0.2, 0.25) is 0 Å². The van der Waals surface area contributed by atoms with Gasteiger partial charge in [-0.2, -0.15) is 0 Å². The third-order valence-electron chi connectivity index (χ3n) is 4.78. The van der Waals surface area contributed by atoms with Crippen LogP contribution in [0.4, 0.5) is 0 Å². The fourth-order valence-corrected chi connectivity index (χ4v) is 3.58. The molecule has 0 bridgehead atoms. The van der Waals surface area contributed by atoms with Crippen molar-refractivity contribution in [2.75, 3.05) is 20.2 Å². The van der Waals surface area contributed by atoms with Crippen molar-refractivity contribution in [3.8, 4) is 5.75 Å². The van der Waals surface area contributed by atoms with Gasteiger partial charge in [0.25, 0.3) is 0 Å². The Morgan fingerprint density at radius 2 is 2.05 bits per heavy atom. The van der Waals surface area contributed by atoms with Crippen LogP contribution in [0, 0.1) is 11.8 Å². The van der Waals surface area contributed by atoms with Crippen LogP contribution in [0.2, 0.25) is 0 Å². The van der Waals surface area contributed by atoms with Gasteiger partial charge in [-0.25, -0.2) is 0 Å². The van der Waals surface area contributed by atoms with E-state index < -0.39 is 0 Å². The topological polar surface area (TPSA) is 21.3 Å². The molecule has 2 nitrogen and oxygen atoms in total. The molecule has 1 aromatic rings. The smallest absolute Gasteiger partial charge is 0.119 e. The second-order valence-corrected chi connectivity index (χ2v) is 6.42. The Morgan fingerprint density at radius 1 is 1.24 bits per heavy atom. The van der Waals surface area contributed by atoms with E-state index in [0.29, 0.717) is 0 Å². The first kappa shape index (κ1) is 16.4. The first-order valence-electron chi connectivity index (χ1n) is 8.67. The second-order valence-electron chi connectivity index (χ2n) is 6.42. The Labute approximate surface area is 130 Å². The lowest BCUT2D eigenvalue weighted by molar-refractivity contribution is 0.239. The van der Waals surface area contributed by atoms with Crippen LogP contribution in [-0.4, -0.2) is 20.2 Å². The van der Waals surface area contributed by atoms with E-state index >= 15 is 0 Å². The molecule has 0 amide bonds. The molecule has 2 heteroatoms. The molecular formula is C19H31NO. The highest BCUT2D eigenvalue weighted by atomic mass is 16.5. The van der Waals surface area contributed by atoms with Crippen LogP contribution in [0.3, 0.4) is 0 Å². The van der Waals surface area contributed by atoms with E-state index in [0.717, 1.165) is 30.7 Å². The minimum Gasteiger partial charge on any atom is -0.497 e. The van der Waals surface area contributed by atoms with Crippen molar-refractivity contribution < 1.29 is 4.74 Å². The van der Waals surface area contributed by atoms with Crippen LogP contribution in [0.25, 0.3) is 0 Å². The molecule has 1 aliphatic carbocycles. The Bertz CT molecular complexity index is 398. The maximum atomic E-state index is 5.36. The van der Waals surface area contributed by atoms with E-state index in [2.05, 4.69) is 30.4 Å². The van der Waals surface area contributed by atoms with Gasteiger partial charge in [-0.1, -0.05) is 51.2 Å². The number of benzene rings is 1. The van der Waals surface area contributed by atoms with Crippen LogP contribution >= 0.6 is 0 Å². The molecule has 1 fully saturated rings. The summed E-state index contributed by atoms with van der Waals surface area (Å²) >= 11 is 0. The Morgan fingerprint density at radius 3 is 2.76 bits per heavy atom. The van der Waals surface area contributed by atoms with Gasteiger partial charge in [-0.3, -0.25) is 0 Å². The number of hydrogen-bond donors (Lipinski definition) is 1. The summed E-state index contributed by atoms with van der Waals surface area (Å²) in [5.74, 6) is 2.65. The summed E-state index contributed by atoms with van der Waals surface area (Å²) in [6.45, 7) is 4.54. The number of methoxy groups -OCH3 is 1. The number of ether oxygens (including phenoxy) is 1. The monoisotopic (exact) mass is 289 g/mol. The largest absolute Gasteiger partial charge is 0.497 e. The fourth-order valence-electron chi connectivity index (χ4n) is 3.58. The normalized spacial score (nSPS) is 17.6. The highest BCUT2D eigenvalue weighted by Crippen LogP contribution is 2.32. The van der Waals surface area contributed by atoms with Gasteiger partial charge in [0, 0.05) is 0 Å². The van der Waals surface area contributed by atoms with Crippen molar-refractivity contribution in [2.45, 2.75) is 51.9 Å². The van der Waals surface area contributed by atoms with E-state index in [4.69, 9.17) is 4.74 Å². The van der Waals surface area contributed by atoms with Gasteiger partial charge >= 0.3 is 0 Å². The summed E-state index contributed by atoms with van der Waals surface area (Å²) in [6.07, 6.45) is 9.52. The maximum absolute atomic E-state index is 5.36. The molecule has 1 atom stereocenters. The van der Waals surface area contributed by atoms with Crippen molar-refractivity contribution >= 4 is 0 Å². The van der Waals surface area contributed by atoms with Gasteiger partial charge in [0.05, 0.1) is 7.11 Å². The highest BCUT2D eigenvalue weighted by molar-refractivity contribution is 5.28. The second kappa shape index (κ2) is 9.09. The lowest BCUT2D eigenvalue weighted by Gasteiger charge is -2.31. The molecule has 1 aromatic carbocycles. The van der Waals surface area contributed by atoms with E-state index in [1.165, 1.54) is 50.5 Å². The summed E-state index contributed by atoms with van der Waals surface area (Å²) in [5.41, 5.74) is 1.42. The molecule has 2 rings (SSSR count). The van der Waals surface area contributed by atoms with E-state index in [1.54, 1.807) is 7.11 Å². The Balaban J connectivity index is 1.99. The quantitative estimate of drug-likeness (QED) is 0.715. The minimum absolute atomic E-state index is 0.768. The van der Waals surface area contributed by atoms with Gasteiger partial charge in [-0.05, 0) is 55.5 Å². The maximum Gasteiger partial charge on any atom is 0.119 e. The molecule has 0 spiro atoms. The summed E-state index contributed by atoms with van der Waals surface area (Å²) in [7, 11) is 1.75. The predicted molar refractivity (Wildman–Crippen MR) is 89.9 cm³/mol. The SMILES string of the molecule is CCCNCC(Cc1cccc(OC)c1)C1CCCCC1. The van der Waals surface area contributed by atoms with Crippen LogP contribution < -0.4 is 10.1 Å². The standard InChI is InChI=1S/C19H31NO/c1-3-12-20-15-18(17-9-5-4-6-10-17)13-16-8-7-11-19(14-16)21-2/h7-8,11,14,17-18,20H,3-6,9-10,12-13,15H2,1-2H3. The third-order valence-corrected chi connectivity index (χ3v) is 4.78. The molecular weight excluding hydrogens is 258 g/mol. The molecule has 0 aromatic heterocycles. The molecule has 0 radical (unpaired) electrons. The van der Waals surface area contributed by atoms with Crippen molar-refractivity contribution in [3.63, 3.8) is 0 Å². The number of nitrogens with one attached hydrogen (secondary N) is 1. The lowest BCUT2D eigenvalue weighted by Crippen LogP contribution is -2.31. The summed E-state index contributed by atoms with van der Waals surface area (Å²) in [5, 5.41) is 3.65. The van der Waals surface area contributed by atoms with E-state index in [-0.39, 0.29) is 0 Å². The third kappa shape index (κ3) is 5.35. The first-order chi connectivity index (χ1) is 10.3. The lowest BCUT2D eigenvalue weighted by atomic mass is 9.77. The molecule has 0 heterocycles. The van der Waals surface area contributed by atoms with Crippen molar-refractivity contribution in [1.82, 2.24) is 5.32 Å². The molecule has 0 saturated heterocycles. The molecule has 1 unspecified atom stereocenters. The van der Waals surface area contributed by atoms with Gasteiger partial charge in [0.1, 0.15) is 5.75 Å². The van der Waals surface area contributed by atoms with Crippen LogP contribution in [-0.2, 0) is 6.42 Å². The summed E-state index contributed by atoms with van der Waals surface area (Å²) in [4.78, 5) is 0. The molecule has 1 saturated carbocycles. The average molecular weight is 289 g/mol. The van der Waals surface area contributed by atoms with E-state index in [1.807, 2.05) is 6.07 Å². The Hall–Kier alpha value is -1.02. The zero-order valence-electron chi connectivity index (χ0n) is 13.7. The number of rotatable bonds is 8. The van der Waals surface area contributed by atoms with Crippen molar-refractivity contribution in [1.29, 1.82) is 0 Å². The zero-order valence-corrected chi connectivity index (χ0v) is 13.7. The predicted octanol–water partition coefficient (Wildman–Crippen LogP) is 4.43. The average Bonchev–Trinajstić information content (AvgIpc) is 2.55. The van der Waals surface area contributed by atoms with Crippen LogP contribution in [0.15, 0.2) is 24.3 Å². The summed E-state index contributed by atoms with van der Waals surface area (Å²) < 4.78 is 5.36. The molecule has 21 heavy (non-hydrogen) atoms. The molecule has 1 aliphatic rings. The zero-order chi connectivity index (χ0) is 14.9. The fraction of sp³-hybridized carbons (Fsp3) is 0.684. The first-order valence-corrected chi connectivity index (χ1v) is 8.67. The van der Waals surface area contributed by atoms with Gasteiger partial charge in [-0.15, -0.1) is 0 Å². The number of hydrogen-bond acceptors (Lipinski definition) is 2. The Kier molecular flexibility index (Phi) is 7.08. The van der Waals surface area contributed by atoms with Crippen LogP contribution in [0.1, 0.15) is 51.0 Å². The molecule has 118 valence electrons.